The Balaban J connectivity index is 1.59. The van der Waals surface area contributed by atoms with Crippen molar-refractivity contribution in [3.05, 3.63) is 64.1 Å². The van der Waals surface area contributed by atoms with E-state index in [-0.39, 0.29) is 18.9 Å². The summed E-state index contributed by atoms with van der Waals surface area (Å²) in [5, 5.41) is 15.4. The molecule has 1 heterocycles. The second-order valence-electron chi connectivity index (χ2n) is 6.43. The maximum atomic E-state index is 12.7. The summed E-state index contributed by atoms with van der Waals surface area (Å²) >= 11 is 13.4. The molecule has 1 amide bonds. The number of nitrogens with zero attached hydrogens (tertiary/aromatic N) is 4. The van der Waals surface area contributed by atoms with Gasteiger partial charge in [-0.25, -0.2) is 9.48 Å². The van der Waals surface area contributed by atoms with Gasteiger partial charge in [0.05, 0.1) is 11.1 Å². The van der Waals surface area contributed by atoms with Crippen LogP contribution in [0.3, 0.4) is 0 Å². The average Bonchev–Trinajstić information content (AvgIpc) is 3.20. The molecule has 0 aliphatic rings. The summed E-state index contributed by atoms with van der Waals surface area (Å²) in [5.41, 5.74) is 0.854. The highest BCUT2D eigenvalue weighted by Gasteiger charge is 2.22. The molecule has 31 heavy (non-hydrogen) atoms. The fraction of sp³-hybridized carbons (Fsp3) is 0.250. The summed E-state index contributed by atoms with van der Waals surface area (Å²) in [4.78, 5) is 25.5. The van der Waals surface area contributed by atoms with Gasteiger partial charge in [0, 0.05) is 9.92 Å². The van der Waals surface area contributed by atoms with Gasteiger partial charge in [0.1, 0.15) is 13.2 Å². The Labute approximate surface area is 193 Å². The highest BCUT2D eigenvalue weighted by atomic mass is 35.5. The van der Waals surface area contributed by atoms with Crippen LogP contribution in [-0.2, 0) is 22.7 Å². The van der Waals surface area contributed by atoms with E-state index in [1.165, 1.54) is 16.4 Å². The first-order valence-corrected chi connectivity index (χ1v) is 10.9. The molecule has 0 fully saturated rings. The third kappa shape index (κ3) is 6.68. The van der Waals surface area contributed by atoms with E-state index in [9.17, 15) is 9.59 Å². The molecule has 0 aliphatic carbocycles. The third-order valence-electron chi connectivity index (χ3n) is 4.20. The number of halogens is 2. The minimum atomic E-state index is -0.736. The van der Waals surface area contributed by atoms with Crippen molar-refractivity contribution in [1.29, 1.82) is 0 Å². The maximum absolute atomic E-state index is 12.7. The molecule has 8 nitrogen and oxygen atoms in total. The van der Waals surface area contributed by atoms with Gasteiger partial charge in [0.15, 0.2) is 5.78 Å². The zero-order valence-electron chi connectivity index (χ0n) is 16.5. The Morgan fingerprint density at radius 1 is 1.19 bits per heavy atom. The zero-order valence-corrected chi connectivity index (χ0v) is 18.8. The van der Waals surface area contributed by atoms with Crippen LogP contribution in [0.4, 0.5) is 4.79 Å². The van der Waals surface area contributed by atoms with E-state index in [0.717, 1.165) is 5.56 Å². The standard InChI is InChI=1S/C20H19Cl2N5O3S/c1-2-16(23-20(29)30-12-13-6-4-3-5-7-13)17(28)11-27-19(24-25-26-27)31-18-10-14(21)8-9-15(18)22/h3-10,16H,2,11-12H2,1H3,(H,23,29). The lowest BCUT2D eigenvalue weighted by molar-refractivity contribution is -0.122. The lowest BCUT2D eigenvalue weighted by Crippen LogP contribution is -2.42. The van der Waals surface area contributed by atoms with Crippen molar-refractivity contribution in [2.45, 2.75) is 42.6 Å². The Kier molecular flexibility index (Phi) is 8.27. The normalized spacial score (nSPS) is 11.7. The predicted octanol–water partition coefficient (Wildman–Crippen LogP) is 4.41. The van der Waals surface area contributed by atoms with Gasteiger partial charge < -0.3 is 10.1 Å². The molecule has 1 atom stereocenters. The van der Waals surface area contributed by atoms with Crippen LogP contribution in [0.15, 0.2) is 58.6 Å². The number of amides is 1. The fourth-order valence-electron chi connectivity index (χ4n) is 2.60. The van der Waals surface area contributed by atoms with Crippen molar-refractivity contribution in [2.75, 3.05) is 0 Å². The van der Waals surface area contributed by atoms with E-state index in [2.05, 4.69) is 20.8 Å². The molecular weight excluding hydrogens is 461 g/mol. The molecule has 11 heteroatoms. The maximum Gasteiger partial charge on any atom is 0.408 e. The highest BCUT2D eigenvalue weighted by molar-refractivity contribution is 7.99. The molecule has 0 bridgehead atoms. The van der Waals surface area contributed by atoms with Gasteiger partial charge in [0.25, 0.3) is 0 Å². The van der Waals surface area contributed by atoms with Crippen LogP contribution < -0.4 is 5.32 Å². The topological polar surface area (TPSA) is 99.0 Å². The lowest BCUT2D eigenvalue weighted by Gasteiger charge is -2.16. The second kappa shape index (κ2) is 11.1. The number of ether oxygens (including phenoxy) is 1. The Bertz CT molecular complexity index is 1050. The van der Waals surface area contributed by atoms with Gasteiger partial charge in [-0.3, -0.25) is 4.79 Å². The van der Waals surface area contributed by atoms with Crippen molar-refractivity contribution in [3.8, 4) is 0 Å². The van der Waals surface area contributed by atoms with Gasteiger partial charge in [-0.15, -0.1) is 5.10 Å². The van der Waals surface area contributed by atoms with Crippen LogP contribution in [0, 0.1) is 0 Å². The molecule has 1 N–H and O–H groups in total. The largest absolute Gasteiger partial charge is 0.445 e. The van der Waals surface area contributed by atoms with E-state index in [1.807, 2.05) is 30.3 Å². The van der Waals surface area contributed by atoms with E-state index < -0.39 is 12.1 Å². The number of aromatic nitrogens is 4. The molecule has 162 valence electrons. The SMILES string of the molecule is CCC(NC(=O)OCc1ccccc1)C(=O)Cn1nnnc1Sc1cc(Cl)ccc1Cl. The minimum Gasteiger partial charge on any atom is -0.445 e. The van der Waals surface area contributed by atoms with Crippen molar-refractivity contribution in [2.24, 2.45) is 0 Å². The van der Waals surface area contributed by atoms with E-state index in [1.54, 1.807) is 25.1 Å². The Hall–Kier alpha value is -2.62. The third-order valence-corrected chi connectivity index (χ3v) is 5.91. The predicted molar refractivity (Wildman–Crippen MR) is 117 cm³/mol. The van der Waals surface area contributed by atoms with Crippen LogP contribution in [-0.4, -0.2) is 38.1 Å². The van der Waals surface area contributed by atoms with Crippen LogP contribution >= 0.6 is 35.0 Å². The molecule has 0 aliphatic heterocycles. The van der Waals surface area contributed by atoms with Crippen LogP contribution in [0.2, 0.25) is 10.0 Å². The van der Waals surface area contributed by atoms with E-state index in [0.29, 0.717) is 26.5 Å². The van der Waals surface area contributed by atoms with Crippen molar-refractivity contribution in [3.63, 3.8) is 0 Å². The van der Waals surface area contributed by atoms with Gasteiger partial charge in [0.2, 0.25) is 5.16 Å². The summed E-state index contributed by atoms with van der Waals surface area (Å²) < 4.78 is 6.54. The number of alkyl carbamates (subject to hydrolysis) is 1. The molecule has 1 unspecified atom stereocenters. The summed E-state index contributed by atoms with van der Waals surface area (Å²) in [6.45, 7) is 1.79. The summed E-state index contributed by atoms with van der Waals surface area (Å²) in [6.07, 6.45) is -0.273. The molecule has 2 aromatic carbocycles. The van der Waals surface area contributed by atoms with E-state index in [4.69, 9.17) is 27.9 Å². The average molecular weight is 480 g/mol. The molecule has 0 saturated heterocycles. The molecule has 3 aromatic rings. The number of hydrogen-bond donors (Lipinski definition) is 1. The first kappa shape index (κ1) is 23.1. The summed E-state index contributed by atoms with van der Waals surface area (Å²) in [7, 11) is 0. The van der Waals surface area contributed by atoms with Gasteiger partial charge in [-0.2, -0.15) is 0 Å². The highest BCUT2D eigenvalue weighted by Crippen LogP contribution is 2.33. The van der Waals surface area contributed by atoms with Crippen LogP contribution in [0.5, 0.6) is 0 Å². The zero-order chi connectivity index (χ0) is 22.2. The molecule has 0 radical (unpaired) electrons. The van der Waals surface area contributed by atoms with Crippen molar-refractivity contribution < 1.29 is 14.3 Å². The Morgan fingerprint density at radius 3 is 2.71 bits per heavy atom. The molecule has 3 rings (SSSR count). The number of rotatable bonds is 9. The van der Waals surface area contributed by atoms with Crippen molar-refractivity contribution in [1.82, 2.24) is 25.5 Å². The first-order valence-electron chi connectivity index (χ1n) is 9.35. The Morgan fingerprint density at radius 2 is 1.97 bits per heavy atom. The smallest absolute Gasteiger partial charge is 0.408 e. The van der Waals surface area contributed by atoms with Gasteiger partial charge in [-0.1, -0.05) is 60.5 Å². The van der Waals surface area contributed by atoms with Gasteiger partial charge >= 0.3 is 6.09 Å². The summed E-state index contributed by atoms with van der Waals surface area (Å²) in [5.74, 6) is -0.259. The second-order valence-corrected chi connectivity index (χ2v) is 8.28. The number of ketones is 1. The first-order chi connectivity index (χ1) is 15.0. The minimum absolute atomic E-state index is 0.117. The number of hydrogen-bond acceptors (Lipinski definition) is 7. The van der Waals surface area contributed by atoms with Crippen LogP contribution in [0.25, 0.3) is 0 Å². The fourth-order valence-corrected chi connectivity index (χ4v) is 3.90. The number of tetrazole rings is 1. The number of Topliss-reactive ketones (excluding diaryl/α,β-unsaturated/α-hetero) is 1. The monoisotopic (exact) mass is 479 g/mol. The number of nitrogens with one attached hydrogen (secondary N) is 1. The van der Waals surface area contributed by atoms with Crippen molar-refractivity contribution >= 4 is 46.8 Å². The van der Waals surface area contributed by atoms with E-state index >= 15 is 0 Å². The molecule has 1 aromatic heterocycles. The molecule has 0 spiro atoms. The van der Waals surface area contributed by atoms with Crippen LogP contribution in [0.1, 0.15) is 18.9 Å². The molecular formula is C20H19Cl2N5O3S. The molecule has 0 saturated carbocycles. The summed E-state index contributed by atoms with van der Waals surface area (Å²) in [6, 6.07) is 13.6. The quantitative estimate of drug-likeness (QED) is 0.485. The lowest BCUT2D eigenvalue weighted by atomic mass is 10.1. The van der Waals surface area contributed by atoms with Gasteiger partial charge in [-0.05, 0) is 52.4 Å². The number of benzene rings is 2. The number of carbonyl (C=O) groups is 2. The number of carbonyl (C=O) groups excluding carboxylic acids is 2.